The van der Waals surface area contributed by atoms with E-state index in [4.69, 9.17) is 0 Å². The minimum atomic E-state index is -0.239. The molecule has 0 amide bonds. The highest BCUT2D eigenvalue weighted by molar-refractivity contribution is 4.86. The van der Waals surface area contributed by atoms with Gasteiger partial charge < -0.3 is 15.3 Å². The third-order valence-electron chi connectivity index (χ3n) is 3.29. The van der Waals surface area contributed by atoms with Gasteiger partial charge in [0, 0.05) is 25.2 Å². The predicted molar refractivity (Wildman–Crippen MR) is 59.3 cm³/mol. The summed E-state index contributed by atoms with van der Waals surface area (Å²) in [7, 11) is 2.19. The highest BCUT2D eigenvalue weighted by Gasteiger charge is 2.28. The number of hydrogen-bond donors (Lipinski definition) is 2. The van der Waals surface area contributed by atoms with Crippen molar-refractivity contribution in [2.24, 2.45) is 5.92 Å². The van der Waals surface area contributed by atoms with Crippen LogP contribution in [0.2, 0.25) is 0 Å². The van der Waals surface area contributed by atoms with Crippen LogP contribution in [0.5, 0.6) is 0 Å². The SMILES string of the molecule is C[C@@H]1CN(C)[C@@H](C)C[C@H]1NC[C@@H](C)O. The number of aliphatic hydroxyl groups is 1. The van der Waals surface area contributed by atoms with Gasteiger partial charge in [-0.3, -0.25) is 0 Å². The van der Waals surface area contributed by atoms with Crippen LogP contribution in [0.4, 0.5) is 0 Å². The largest absolute Gasteiger partial charge is 0.392 e. The molecule has 3 nitrogen and oxygen atoms in total. The van der Waals surface area contributed by atoms with Gasteiger partial charge in [0.25, 0.3) is 0 Å². The Morgan fingerprint density at radius 3 is 2.71 bits per heavy atom. The van der Waals surface area contributed by atoms with Crippen LogP contribution in [0.1, 0.15) is 27.2 Å². The standard InChI is InChI=1S/C11H24N2O/c1-8-7-13(4)9(2)5-11(8)12-6-10(3)14/h8-12,14H,5-7H2,1-4H3/t8-,9+,10-,11-/m1/s1. The Kier molecular flexibility index (Phi) is 4.35. The van der Waals surface area contributed by atoms with Crippen LogP contribution >= 0.6 is 0 Å². The van der Waals surface area contributed by atoms with E-state index in [2.05, 4.69) is 31.1 Å². The molecular formula is C11H24N2O. The Hall–Kier alpha value is -0.120. The normalized spacial score (nSPS) is 37.1. The number of hydrogen-bond acceptors (Lipinski definition) is 3. The topological polar surface area (TPSA) is 35.5 Å². The minimum Gasteiger partial charge on any atom is -0.392 e. The summed E-state index contributed by atoms with van der Waals surface area (Å²) in [4.78, 5) is 2.41. The van der Waals surface area contributed by atoms with Gasteiger partial charge in [0.2, 0.25) is 0 Å². The summed E-state index contributed by atoms with van der Waals surface area (Å²) in [5, 5.41) is 12.7. The van der Waals surface area contributed by atoms with E-state index >= 15 is 0 Å². The molecule has 84 valence electrons. The summed E-state index contributed by atoms with van der Waals surface area (Å²) >= 11 is 0. The lowest BCUT2D eigenvalue weighted by molar-refractivity contribution is 0.109. The summed E-state index contributed by atoms with van der Waals surface area (Å²) < 4.78 is 0. The first-order valence-corrected chi connectivity index (χ1v) is 5.62. The molecular weight excluding hydrogens is 176 g/mol. The molecule has 0 spiro atoms. The molecule has 14 heavy (non-hydrogen) atoms. The molecule has 0 saturated carbocycles. The Morgan fingerprint density at radius 2 is 2.14 bits per heavy atom. The number of piperidine rings is 1. The fourth-order valence-electron chi connectivity index (χ4n) is 2.15. The smallest absolute Gasteiger partial charge is 0.0636 e. The number of likely N-dealkylation sites (tertiary alicyclic amines) is 1. The third kappa shape index (κ3) is 3.23. The van der Waals surface area contributed by atoms with Crippen molar-refractivity contribution >= 4 is 0 Å². The van der Waals surface area contributed by atoms with E-state index in [9.17, 15) is 5.11 Å². The Labute approximate surface area is 87.5 Å². The molecule has 1 fully saturated rings. The Bertz CT molecular complexity index is 173. The van der Waals surface area contributed by atoms with E-state index in [-0.39, 0.29) is 6.10 Å². The van der Waals surface area contributed by atoms with Crippen LogP contribution < -0.4 is 5.32 Å². The molecule has 4 atom stereocenters. The summed E-state index contributed by atoms with van der Waals surface area (Å²) in [6.07, 6.45) is 0.946. The second-order valence-electron chi connectivity index (χ2n) is 4.87. The number of aliphatic hydroxyl groups excluding tert-OH is 1. The van der Waals surface area contributed by atoms with E-state index in [1.165, 1.54) is 6.42 Å². The summed E-state index contributed by atoms with van der Waals surface area (Å²) in [6.45, 7) is 8.24. The molecule has 1 rings (SSSR count). The summed E-state index contributed by atoms with van der Waals surface area (Å²) in [5.74, 6) is 0.676. The molecule has 0 bridgehead atoms. The zero-order valence-electron chi connectivity index (χ0n) is 9.83. The fraction of sp³-hybridized carbons (Fsp3) is 1.00. The van der Waals surface area contributed by atoms with Gasteiger partial charge in [0.15, 0.2) is 0 Å². The number of nitrogens with one attached hydrogen (secondary N) is 1. The first kappa shape index (κ1) is 12.0. The minimum absolute atomic E-state index is 0.239. The lowest BCUT2D eigenvalue weighted by Crippen LogP contribution is -2.51. The van der Waals surface area contributed by atoms with Gasteiger partial charge in [-0.2, -0.15) is 0 Å². The lowest BCUT2D eigenvalue weighted by Gasteiger charge is -2.40. The van der Waals surface area contributed by atoms with Crippen LogP contribution in [0.25, 0.3) is 0 Å². The van der Waals surface area contributed by atoms with Gasteiger partial charge in [0.05, 0.1) is 6.10 Å². The molecule has 0 unspecified atom stereocenters. The van der Waals surface area contributed by atoms with Gasteiger partial charge in [0.1, 0.15) is 0 Å². The summed E-state index contributed by atoms with van der Waals surface area (Å²) in [6, 6.07) is 1.22. The van der Waals surface area contributed by atoms with Crippen LogP contribution in [0, 0.1) is 5.92 Å². The maximum absolute atomic E-state index is 9.21. The molecule has 1 aliphatic heterocycles. The lowest BCUT2D eigenvalue weighted by atomic mass is 9.90. The van der Waals surface area contributed by atoms with Gasteiger partial charge in [-0.25, -0.2) is 0 Å². The summed E-state index contributed by atoms with van der Waals surface area (Å²) in [5.41, 5.74) is 0. The molecule has 1 heterocycles. The van der Waals surface area contributed by atoms with Crippen molar-refractivity contribution in [2.75, 3.05) is 20.1 Å². The molecule has 1 aliphatic rings. The van der Waals surface area contributed by atoms with Crippen LogP contribution in [-0.2, 0) is 0 Å². The second kappa shape index (κ2) is 5.10. The highest BCUT2D eigenvalue weighted by Crippen LogP contribution is 2.20. The Morgan fingerprint density at radius 1 is 1.50 bits per heavy atom. The van der Waals surface area contributed by atoms with Gasteiger partial charge in [-0.15, -0.1) is 0 Å². The zero-order valence-corrected chi connectivity index (χ0v) is 9.83. The molecule has 0 aromatic heterocycles. The monoisotopic (exact) mass is 200 g/mol. The van der Waals surface area contributed by atoms with Gasteiger partial charge >= 0.3 is 0 Å². The molecule has 0 aliphatic carbocycles. The average molecular weight is 200 g/mol. The van der Waals surface area contributed by atoms with E-state index in [0.717, 1.165) is 6.54 Å². The van der Waals surface area contributed by atoms with Crippen molar-refractivity contribution in [2.45, 2.75) is 45.4 Å². The van der Waals surface area contributed by atoms with Crippen LogP contribution in [0.3, 0.4) is 0 Å². The quantitative estimate of drug-likeness (QED) is 0.703. The van der Waals surface area contributed by atoms with Gasteiger partial charge in [-0.1, -0.05) is 6.92 Å². The van der Waals surface area contributed by atoms with E-state index < -0.39 is 0 Å². The molecule has 2 N–H and O–H groups in total. The van der Waals surface area contributed by atoms with E-state index in [1.54, 1.807) is 0 Å². The molecule has 0 radical (unpaired) electrons. The van der Waals surface area contributed by atoms with Crippen molar-refractivity contribution in [3.05, 3.63) is 0 Å². The molecule has 1 saturated heterocycles. The maximum atomic E-state index is 9.21. The van der Waals surface area contributed by atoms with Crippen molar-refractivity contribution in [3.8, 4) is 0 Å². The predicted octanol–water partition coefficient (Wildman–Crippen LogP) is 0.685. The third-order valence-corrected chi connectivity index (χ3v) is 3.29. The zero-order chi connectivity index (χ0) is 10.7. The first-order valence-electron chi connectivity index (χ1n) is 5.62. The van der Waals surface area contributed by atoms with E-state index in [1.807, 2.05) is 6.92 Å². The molecule has 0 aromatic carbocycles. The maximum Gasteiger partial charge on any atom is 0.0636 e. The van der Waals surface area contributed by atoms with Crippen LogP contribution in [0.15, 0.2) is 0 Å². The highest BCUT2D eigenvalue weighted by atomic mass is 16.3. The Balaban J connectivity index is 2.37. The number of nitrogens with zero attached hydrogens (tertiary/aromatic N) is 1. The van der Waals surface area contributed by atoms with Crippen LogP contribution in [-0.4, -0.2) is 48.3 Å². The van der Waals surface area contributed by atoms with Crippen molar-refractivity contribution in [1.29, 1.82) is 0 Å². The molecule has 0 aromatic rings. The van der Waals surface area contributed by atoms with Crippen molar-refractivity contribution in [1.82, 2.24) is 10.2 Å². The van der Waals surface area contributed by atoms with Gasteiger partial charge in [-0.05, 0) is 33.2 Å². The average Bonchev–Trinajstić information content (AvgIpc) is 2.09. The second-order valence-corrected chi connectivity index (χ2v) is 4.87. The fourth-order valence-corrected chi connectivity index (χ4v) is 2.15. The first-order chi connectivity index (χ1) is 6.50. The van der Waals surface area contributed by atoms with Crippen molar-refractivity contribution < 1.29 is 5.11 Å². The number of rotatable bonds is 3. The van der Waals surface area contributed by atoms with Crippen molar-refractivity contribution in [3.63, 3.8) is 0 Å². The molecule has 3 heteroatoms. The van der Waals surface area contributed by atoms with E-state index in [0.29, 0.717) is 24.5 Å².